The number of ether oxygens (including phenoxy) is 1. The summed E-state index contributed by atoms with van der Waals surface area (Å²) in [6.45, 7) is 8.16. The third-order valence-electron chi connectivity index (χ3n) is 2.67. The summed E-state index contributed by atoms with van der Waals surface area (Å²) in [7, 11) is 0. The van der Waals surface area contributed by atoms with E-state index in [0.717, 1.165) is 56.1 Å². The number of anilines is 2. The lowest BCUT2D eigenvalue weighted by molar-refractivity contribution is 0.122. The zero-order chi connectivity index (χ0) is 13.5. The molecule has 1 aliphatic heterocycles. The van der Waals surface area contributed by atoms with Gasteiger partial charge in [-0.1, -0.05) is 18.7 Å². The van der Waals surface area contributed by atoms with E-state index in [0.29, 0.717) is 5.95 Å². The summed E-state index contributed by atoms with van der Waals surface area (Å²) >= 11 is 1.68. The minimum Gasteiger partial charge on any atom is -0.378 e. The molecule has 2 heterocycles. The summed E-state index contributed by atoms with van der Waals surface area (Å²) in [4.78, 5) is 15.6. The number of morpholine rings is 1. The van der Waals surface area contributed by atoms with E-state index in [1.54, 1.807) is 11.8 Å². The van der Waals surface area contributed by atoms with Gasteiger partial charge in [-0.25, -0.2) is 0 Å². The van der Waals surface area contributed by atoms with Crippen molar-refractivity contribution < 1.29 is 4.74 Å². The highest BCUT2D eigenvalue weighted by Gasteiger charge is 2.16. The molecule has 0 bridgehead atoms. The summed E-state index contributed by atoms with van der Waals surface area (Å²) in [6, 6.07) is 0. The van der Waals surface area contributed by atoms with Gasteiger partial charge in [0.05, 0.1) is 13.2 Å². The summed E-state index contributed by atoms with van der Waals surface area (Å²) in [6.07, 6.45) is 1.11. The van der Waals surface area contributed by atoms with Crippen molar-refractivity contribution in [3.63, 3.8) is 0 Å². The quantitative estimate of drug-likeness (QED) is 0.796. The second-order valence-corrected chi connectivity index (χ2v) is 5.28. The molecule has 0 atom stereocenters. The van der Waals surface area contributed by atoms with Crippen molar-refractivity contribution in [1.82, 2.24) is 15.0 Å². The number of aromatic nitrogens is 3. The number of hydrogen-bond acceptors (Lipinski definition) is 7. The van der Waals surface area contributed by atoms with Crippen LogP contribution in [-0.4, -0.2) is 53.6 Å². The molecule has 1 N–H and O–H groups in total. The van der Waals surface area contributed by atoms with Gasteiger partial charge in [0.25, 0.3) is 0 Å². The van der Waals surface area contributed by atoms with Crippen molar-refractivity contribution in [3.05, 3.63) is 0 Å². The maximum Gasteiger partial charge on any atom is 0.231 e. The molecule has 0 spiro atoms. The highest BCUT2D eigenvalue weighted by atomic mass is 32.2. The Hall–Kier alpha value is -1.08. The van der Waals surface area contributed by atoms with Gasteiger partial charge >= 0.3 is 0 Å². The molecule has 0 unspecified atom stereocenters. The third kappa shape index (κ3) is 4.21. The van der Waals surface area contributed by atoms with Gasteiger partial charge in [0.15, 0.2) is 5.16 Å². The SMILES string of the molecule is CCCSc1nc(NCC)nc(N2CCOCC2)n1. The minimum atomic E-state index is 0.664. The topological polar surface area (TPSA) is 63.2 Å². The van der Waals surface area contributed by atoms with Gasteiger partial charge in [-0.05, 0) is 13.3 Å². The first-order valence-electron chi connectivity index (χ1n) is 6.79. The van der Waals surface area contributed by atoms with Crippen LogP contribution in [0.4, 0.5) is 11.9 Å². The molecule has 2 rings (SSSR count). The van der Waals surface area contributed by atoms with Crippen LogP contribution in [0.3, 0.4) is 0 Å². The molecule has 0 radical (unpaired) electrons. The molecule has 1 aromatic heterocycles. The minimum absolute atomic E-state index is 0.664. The molecule has 106 valence electrons. The highest BCUT2D eigenvalue weighted by molar-refractivity contribution is 7.99. The highest BCUT2D eigenvalue weighted by Crippen LogP contribution is 2.19. The number of rotatable bonds is 6. The Bertz CT molecular complexity index is 398. The van der Waals surface area contributed by atoms with Crippen molar-refractivity contribution in [2.75, 3.05) is 48.8 Å². The second kappa shape index (κ2) is 7.49. The molecular weight excluding hydrogens is 262 g/mol. The molecule has 19 heavy (non-hydrogen) atoms. The number of nitrogens with zero attached hydrogens (tertiary/aromatic N) is 4. The Morgan fingerprint density at radius 3 is 2.68 bits per heavy atom. The van der Waals surface area contributed by atoms with Crippen LogP contribution in [-0.2, 0) is 4.74 Å². The fourth-order valence-electron chi connectivity index (χ4n) is 1.75. The van der Waals surface area contributed by atoms with Gasteiger partial charge in [-0.3, -0.25) is 0 Å². The maximum absolute atomic E-state index is 5.36. The lowest BCUT2D eigenvalue weighted by atomic mass is 10.4. The fraction of sp³-hybridized carbons (Fsp3) is 0.750. The van der Waals surface area contributed by atoms with E-state index in [2.05, 4.69) is 32.1 Å². The largest absolute Gasteiger partial charge is 0.378 e. The maximum atomic E-state index is 5.36. The molecule has 1 fully saturated rings. The number of thioether (sulfide) groups is 1. The van der Waals surface area contributed by atoms with Crippen LogP contribution in [0.15, 0.2) is 5.16 Å². The molecule has 1 aromatic rings. The Kier molecular flexibility index (Phi) is 5.65. The van der Waals surface area contributed by atoms with E-state index in [1.165, 1.54) is 0 Å². The van der Waals surface area contributed by atoms with E-state index in [9.17, 15) is 0 Å². The summed E-state index contributed by atoms with van der Waals surface area (Å²) in [5.74, 6) is 2.45. The van der Waals surface area contributed by atoms with Gasteiger partial charge in [0, 0.05) is 25.4 Å². The van der Waals surface area contributed by atoms with E-state index in [4.69, 9.17) is 4.74 Å². The first-order valence-corrected chi connectivity index (χ1v) is 7.77. The normalized spacial score (nSPS) is 15.6. The van der Waals surface area contributed by atoms with Crippen LogP contribution in [0.5, 0.6) is 0 Å². The van der Waals surface area contributed by atoms with E-state index >= 15 is 0 Å². The Balaban J connectivity index is 2.17. The number of nitrogens with one attached hydrogen (secondary N) is 1. The Morgan fingerprint density at radius 1 is 1.21 bits per heavy atom. The molecule has 6 nitrogen and oxygen atoms in total. The third-order valence-corrected chi connectivity index (χ3v) is 3.72. The zero-order valence-electron chi connectivity index (χ0n) is 11.6. The van der Waals surface area contributed by atoms with Crippen LogP contribution < -0.4 is 10.2 Å². The van der Waals surface area contributed by atoms with Crippen LogP contribution in [0.25, 0.3) is 0 Å². The van der Waals surface area contributed by atoms with Crippen LogP contribution in [0.1, 0.15) is 20.3 Å². The van der Waals surface area contributed by atoms with Crippen molar-refractivity contribution in [1.29, 1.82) is 0 Å². The molecule has 7 heteroatoms. The average Bonchev–Trinajstić information content (AvgIpc) is 2.46. The first kappa shape index (κ1) is 14.3. The number of hydrogen-bond donors (Lipinski definition) is 1. The summed E-state index contributed by atoms with van der Waals surface area (Å²) in [5.41, 5.74) is 0. The predicted octanol–water partition coefficient (Wildman–Crippen LogP) is 1.64. The van der Waals surface area contributed by atoms with Gasteiger partial charge in [0.2, 0.25) is 11.9 Å². The average molecular weight is 283 g/mol. The van der Waals surface area contributed by atoms with E-state index in [-0.39, 0.29) is 0 Å². The smallest absolute Gasteiger partial charge is 0.231 e. The lowest BCUT2D eigenvalue weighted by Gasteiger charge is -2.27. The monoisotopic (exact) mass is 283 g/mol. The predicted molar refractivity (Wildman–Crippen MR) is 78.0 cm³/mol. The first-order chi connectivity index (χ1) is 9.33. The van der Waals surface area contributed by atoms with Gasteiger partial charge in [-0.15, -0.1) is 0 Å². The second-order valence-electron chi connectivity index (χ2n) is 4.22. The Morgan fingerprint density at radius 2 is 2.00 bits per heavy atom. The molecule has 0 aliphatic carbocycles. The van der Waals surface area contributed by atoms with Crippen molar-refractivity contribution in [2.45, 2.75) is 25.4 Å². The Labute approximate surface area is 118 Å². The van der Waals surface area contributed by atoms with Crippen LogP contribution in [0.2, 0.25) is 0 Å². The van der Waals surface area contributed by atoms with Gasteiger partial charge in [-0.2, -0.15) is 15.0 Å². The molecule has 1 aliphatic rings. The molecule has 0 aromatic carbocycles. The molecule has 0 amide bonds. The molecule has 0 saturated carbocycles. The van der Waals surface area contributed by atoms with E-state index < -0.39 is 0 Å². The van der Waals surface area contributed by atoms with Crippen molar-refractivity contribution in [2.24, 2.45) is 0 Å². The summed E-state index contributed by atoms with van der Waals surface area (Å²) in [5, 5.41) is 3.97. The lowest BCUT2D eigenvalue weighted by Crippen LogP contribution is -2.37. The van der Waals surface area contributed by atoms with Crippen molar-refractivity contribution in [3.8, 4) is 0 Å². The fourth-order valence-corrected chi connectivity index (χ4v) is 2.43. The zero-order valence-corrected chi connectivity index (χ0v) is 12.4. The molecule has 1 saturated heterocycles. The van der Waals surface area contributed by atoms with E-state index in [1.807, 2.05) is 6.92 Å². The van der Waals surface area contributed by atoms with Crippen molar-refractivity contribution >= 4 is 23.7 Å². The standard InChI is InChI=1S/C12H21N5OS/c1-3-9-19-12-15-10(13-4-2)14-11(16-12)17-5-7-18-8-6-17/h3-9H2,1-2H3,(H,13,14,15,16). The van der Waals surface area contributed by atoms with Gasteiger partial charge in [0.1, 0.15) is 0 Å². The van der Waals surface area contributed by atoms with Crippen LogP contribution >= 0.6 is 11.8 Å². The molecular formula is C12H21N5OS. The summed E-state index contributed by atoms with van der Waals surface area (Å²) < 4.78 is 5.36. The van der Waals surface area contributed by atoms with Crippen LogP contribution in [0, 0.1) is 0 Å². The van der Waals surface area contributed by atoms with Gasteiger partial charge < -0.3 is 15.0 Å².